The fourth-order valence-corrected chi connectivity index (χ4v) is 2.17. The quantitative estimate of drug-likeness (QED) is 0.783. The Balaban J connectivity index is 2.10. The number of rotatable bonds is 2. The molecule has 1 aliphatic carbocycles. The zero-order chi connectivity index (χ0) is 10.8. The number of aryl methyl sites for hydroxylation is 1. The highest BCUT2D eigenvalue weighted by Gasteiger charge is 2.22. The van der Waals surface area contributed by atoms with Crippen LogP contribution < -0.4 is 11.1 Å². The van der Waals surface area contributed by atoms with Crippen LogP contribution in [0.3, 0.4) is 0 Å². The molecule has 1 aliphatic rings. The molecule has 0 saturated heterocycles. The van der Waals surface area contributed by atoms with Crippen molar-refractivity contribution >= 4 is 5.69 Å². The molecular formula is C12H17FN2. The standard InChI is InChI=1S/C12H17FN2/c1-8-3-2-4-11(13)12(8)15-10-6-5-9(14)7-10/h2-4,9-10,15H,5-7,14H2,1H3. The zero-order valence-electron chi connectivity index (χ0n) is 8.96. The van der Waals surface area contributed by atoms with Crippen LogP contribution in [0.2, 0.25) is 0 Å². The molecule has 1 aromatic carbocycles. The minimum absolute atomic E-state index is 0.171. The van der Waals surface area contributed by atoms with Gasteiger partial charge in [0, 0.05) is 12.1 Å². The normalized spacial score (nSPS) is 25.5. The van der Waals surface area contributed by atoms with Crippen LogP contribution >= 0.6 is 0 Å². The molecule has 0 radical (unpaired) electrons. The van der Waals surface area contributed by atoms with Gasteiger partial charge in [0.2, 0.25) is 0 Å². The highest BCUT2D eigenvalue weighted by molar-refractivity contribution is 5.52. The summed E-state index contributed by atoms with van der Waals surface area (Å²) in [6.07, 6.45) is 3.01. The van der Waals surface area contributed by atoms with Gasteiger partial charge in [0.15, 0.2) is 0 Å². The van der Waals surface area contributed by atoms with E-state index in [9.17, 15) is 4.39 Å². The van der Waals surface area contributed by atoms with Crippen LogP contribution in [0.5, 0.6) is 0 Å². The van der Waals surface area contributed by atoms with Crippen LogP contribution in [0.25, 0.3) is 0 Å². The molecule has 1 fully saturated rings. The van der Waals surface area contributed by atoms with Gasteiger partial charge in [-0.1, -0.05) is 12.1 Å². The molecule has 2 atom stereocenters. The average Bonchev–Trinajstić information content (AvgIpc) is 2.58. The van der Waals surface area contributed by atoms with Crippen molar-refractivity contribution in [3.05, 3.63) is 29.6 Å². The number of hydrogen-bond donors (Lipinski definition) is 2. The Bertz CT molecular complexity index is 331. The number of hydrogen-bond acceptors (Lipinski definition) is 2. The molecule has 2 nitrogen and oxygen atoms in total. The first-order valence-electron chi connectivity index (χ1n) is 5.44. The minimum atomic E-state index is -0.171. The Morgan fingerprint density at radius 2 is 2.20 bits per heavy atom. The predicted octanol–water partition coefficient (Wildman–Crippen LogP) is 2.43. The first-order valence-corrected chi connectivity index (χ1v) is 5.44. The number of anilines is 1. The molecule has 0 amide bonds. The van der Waals surface area contributed by atoms with Gasteiger partial charge in [0.1, 0.15) is 5.82 Å². The van der Waals surface area contributed by atoms with Gasteiger partial charge in [0.25, 0.3) is 0 Å². The number of benzene rings is 1. The van der Waals surface area contributed by atoms with E-state index in [1.165, 1.54) is 6.07 Å². The lowest BCUT2D eigenvalue weighted by Gasteiger charge is -2.16. The summed E-state index contributed by atoms with van der Waals surface area (Å²) >= 11 is 0. The third kappa shape index (κ3) is 2.29. The fraction of sp³-hybridized carbons (Fsp3) is 0.500. The molecule has 15 heavy (non-hydrogen) atoms. The number of halogens is 1. The predicted molar refractivity (Wildman–Crippen MR) is 60.4 cm³/mol. The highest BCUT2D eigenvalue weighted by atomic mass is 19.1. The van der Waals surface area contributed by atoms with Gasteiger partial charge in [-0.25, -0.2) is 4.39 Å². The molecule has 0 heterocycles. The summed E-state index contributed by atoms with van der Waals surface area (Å²) in [4.78, 5) is 0. The van der Waals surface area contributed by atoms with E-state index in [0.29, 0.717) is 11.7 Å². The maximum Gasteiger partial charge on any atom is 0.146 e. The van der Waals surface area contributed by atoms with Crippen molar-refractivity contribution in [1.29, 1.82) is 0 Å². The van der Waals surface area contributed by atoms with Gasteiger partial charge in [-0.3, -0.25) is 0 Å². The third-order valence-electron chi connectivity index (χ3n) is 3.04. The summed E-state index contributed by atoms with van der Waals surface area (Å²) in [6.45, 7) is 1.92. The van der Waals surface area contributed by atoms with Gasteiger partial charge in [-0.2, -0.15) is 0 Å². The van der Waals surface area contributed by atoms with Crippen LogP contribution in [0, 0.1) is 12.7 Å². The summed E-state index contributed by atoms with van der Waals surface area (Å²) in [7, 11) is 0. The molecule has 82 valence electrons. The van der Waals surface area contributed by atoms with E-state index in [1.807, 2.05) is 13.0 Å². The molecule has 0 aliphatic heterocycles. The maximum absolute atomic E-state index is 13.5. The van der Waals surface area contributed by atoms with Gasteiger partial charge in [0.05, 0.1) is 5.69 Å². The zero-order valence-corrected chi connectivity index (χ0v) is 8.96. The van der Waals surface area contributed by atoms with E-state index < -0.39 is 0 Å². The summed E-state index contributed by atoms with van der Waals surface area (Å²) in [5.74, 6) is -0.171. The van der Waals surface area contributed by atoms with Crippen molar-refractivity contribution in [2.75, 3.05) is 5.32 Å². The molecule has 3 N–H and O–H groups in total. The maximum atomic E-state index is 13.5. The summed E-state index contributed by atoms with van der Waals surface area (Å²) in [5, 5.41) is 3.25. The number of nitrogens with two attached hydrogens (primary N) is 1. The molecule has 2 unspecified atom stereocenters. The third-order valence-corrected chi connectivity index (χ3v) is 3.04. The van der Waals surface area contributed by atoms with E-state index in [-0.39, 0.29) is 11.9 Å². The number of para-hydroxylation sites is 1. The first kappa shape index (κ1) is 10.4. The Hall–Kier alpha value is -1.09. The summed E-state index contributed by atoms with van der Waals surface area (Å²) in [6, 6.07) is 5.74. The van der Waals surface area contributed by atoms with Gasteiger partial charge in [-0.15, -0.1) is 0 Å². The molecular weight excluding hydrogens is 191 g/mol. The lowest BCUT2D eigenvalue weighted by atomic mass is 10.1. The topological polar surface area (TPSA) is 38.0 Å². The van der Waals surface area contributed by atoms with Crippen molar-refractivity contribution in [2.24, 2.45) is 5.73 Å². The Morgan fingerprint density at radius 3 is 2.80 bits per heavy atom. The van der Waals surface area contributed by atoms with Crippen molar-refractivity contribution in [3.8, 4) is 0 Å². The smallest absolute Gasteiger partial charge is 0.146 e. The molecule has 1 aromatic rings. The van der Waals surface area contributed by atoms with Gasteiger partial charge >= 0.3 is 0 Å². The SMILES string of the molecule is Cc1cccc(F)c1NC1CCC(N)C1. The Labute approximate surface area is 89.7 Å². The lowest BCUT2D eigenvalue weighted by Crippen LogP contribution is -2.21. The molecule has 1 saturated carbocycles. The van der Waals surface area contributed by atoms with Crippen molar-refractivity contribution < 1.29 is 4.39 Å². The van der Waals surface area contributed by atoms with E-state index in [2.05, 4.69) is 5.32 Å². The fourth-order valence-electron chi connectivity index (χ4n) is 2.17. The van der Waals surface area contributed by atoms with Crippen LogP contribution in [0.1, 0.15) is 24.8 Å². The van der Waals surface area contributed by atoms with Gasteiger partial charge in [-0.05, 0) is 37.8 Å². The molecule has 0 aromatic heterocycles. The van der Waals surface area contributed by atoms with Crippen LogP contribution in [-0.4, -0.2) is 12.1 Å². The lowest BCUT2D eigenvalue weighted by molar-refractivity contribution is 0.621. The first-order chi connectivity index (χ1) is 7.16. The monoisotopic (exact) mass is 208 g/mol. The highest BCUT2D eigenvalue weighted by Crippen LogP contribution is 2.25. The van der Waals surface area contributed by atoms with Crippen LogP contribution in [0.15, 0.2) is 18.2 Å². The molecule has 3 heteroatoms. The second-order valence-corrected chi connectivity index (χ2v) is 4.35. The Kier molecular flexibility index (Phi) is 2.91. The molecule has 0 bridgehead atoms. The largest absolute Gasteiger partial charge is 0.380 e. The molecule has 2 rings (SSSR count). The van der Waals surface area contributed by atoms with Crippen LogP contribution in [0.4, 0.5) is 10.1 Å². The second-order valence-electron chi connectivity index (χ2n) is 4.35. The van der Waals surface area contributed by atoms with E-state index in [4.69, 9.17) is 5.73 Å². The van der Waals surface area contributed by atoms with Crippen molar-refractivity contribution in [1.82, 2.24) is 0 Å². The van der Waals surface area contributed by atoms with E-state index >= 15 is 0 Å². The van der Waals surface area contributed by atoms with Crippen molar-refractivity contribution in [3.63, 3.8) is 0 Å². The second kappa shape index (κ2) is 4.19. The van der Waals surface area contributed by atoms with Crippen LogP contribution in [-0.2, 0) is 0 Å². The number of nitrogens with one attached hydrogen (secondary N) is 1. The summed E-state index contributed by atoms with van der Waals surface area (Å²) < 4.78 is 13.5. The average molecular weight is 208 g/mol. The van der Waals surface area contributed by atoms with Gasteiger partial charge < -0.3 is 11.1 Å². The van der Waals surface area contributed by atoms with E-state index in [1.54, 1.807) is 6.07 Å². The summed E-state index contributed by atoms with van der Waals surface area (Å²) in [5.41, 5.74) is 7.41. The molecule has 0 spiro atoms. The Morgan fingerprint density at radius 1 is 1.40 bits per heavy atom. The van der Waals surface area contributed by atoms with E-state index in [0.717, 1.165) is 24.8 Å². The van der Waals surface area contributed by atoms with Crippen molar-refractivity contribution in [2.45, 2.75) is 38.3 Å². The minimum Gasteiger partial charge on any atom is -0.380 e.